The van der Waals surface area contributed by atoms with Gasteiger partial charge in [-0.3, -0.25) is 4.79 Å². The standard InChI is InChI=1S/C14H16FNO6S/c1-22-14(19)12(6-9-2-4-10(17)5-3-9)16-8-11(7-13(16)18)23(15,20)21/h2-5,11-12,17H,6-8H2,1H3/t11?,12-/m0/s1. The number of benzene rings is 1. The van der Waals surface area contributed by atoms with Gasteiger partial charge in [0.25, 0.3) is 0 Å². The van der Waals surface area contributed by atoms with Crippen molar-refractivity contribution in [2.24, 2.45) is 0 Å². The highest BCUT2D eigenvalue weighted by molar-refractivity contribution is 7.87. The van der Waals surface area contributed by atoms with E-state index in [0.717, 1.165) is 12.0 Å². The molecule has 1 unspecified atom stereocenters. The van der Waals surface area contributed by atoms with E-state index in [1.165, 1.54) is 12.1 Å². The summed E-state index contributed by atoms with van der Waals surface area (Å²) in [5.74, 6) is -1.29. The van der Waals surface area contributed by atoms with Gasteiger partial charge in [0.05, 0.1) is 7.11 Å². The SMILES string of the molecule is COC(=O)[C@H](Cc1ccc(O)cc1)N1CC(S(=O)(=O)F)CC1=O. The molecule has 1 amide bonds. The Labute approximate surface area is 132 Å². The van der Waals surface area contributed by atoms with Gasteiger partial charge in [0, 0.05) is 19.4 Å². The maximum absolute atomic E-state index is 13.1. The molecule has 0 aromatic heterocycles. The van der Waals surface area contributed by atoms with Crippen LogP contribution in [0.1, 0.15) is 12.0 Å². The van der Waals surface area contributed by atoms with Crippen molar-refractivity contribution < 1.29 is 31.7 Å². The largest absolute Gasteiger partial charge is 0.508 e. The Balaban J connectivity index is 2.23. The number of hydrogen-bond donors (Lipinski definition) is 1. The van der Waals surface area contributed by atoms with E-state index in [1.807, 2.05) is 0 Å². The highest BCUT2D eigenvalue weighted by Gasteiger charge is 2.43. The normalized spacial score (nSPS) is 19.7. The molecule has 23 heavy (non-hydrogen) atoms. The van der Waals surface area contributed by atoms with Gasteiger partial charge in [0.2, 0.25) is 5.91 Å². The summed E-state index contributed by atoms with van der Waals surface area (Å²) in [6.45, 7) is -0.393. The number of aromatic hydroxyl groups is 1. The molecule has 1 aliphatic heterocycles. The van der Waals surface area contributed by atoms with Gasteiger partial charge < -0.3 is 14.7 Å². The second-order valence-corrected chi connectivity index (χ2v) is 6.88. The van der Waals surface area contributed by atoms with Crippen molar-refractivity contribution in [1.29, 1.82) is 0 Å². The third-order valence-corrected chi connectivity index (χ3v) is 4.85. The molecular formula is C14H16FNO6S. The number of amides is 1. The van der Waals surface area contributed by atoms with Gasteiger partial charge in [-0.25, -0.2) is 4.79 Å². The highest BCUT2D eigenvalue weighted by atomic mass is 32.3. The van der Waals surface area contributed by atoms with Gasteiger partial charge in [-0.15, -0.1) is 3.89 Å². The van der Waals surface area contributed by atoms with E-state index in [1.54, 1.807) is 12.1 Å². The Hall–Kier alpha value is -2.16. The van der Waals surface area contributed by atoms with E-state index in [2.05, 4.69) is 4.74 Å². The van der Waals surface area contributed by atoms with Crippen molar-refractivity contribution in [2.75, 3.05) is 13.7 Å². The number of nitrogens with zero attached hydrogens (tertiary/aromatic N) is 1. The van der Waals surface area contributed by atoms with Gasteiger partial charge in [0.1, 0.15) is 17.0 Å². The fourth-order valence-corrected chi connectivity index (χ4v) is 3.18. The van der Waals surface area contributed by atoms with Gasteiger partial charge in [0.15, 0.2) is 0 Å². The van der Waals surface area contributed by atoms with Crippen LogP contribution in [-0.4, -0.2) is 55.2 Å². The first kappa shape index (κ1) is 17.2. The highest BCUT2D eigenvalue weighted by Crippen LogP contribution is 2.24. The minimum atomic E-state index is -4.86. The van der Waals surface area contributed by atoms with Crippen LogP contribution in [0.2, 0.25) is 0 Å². The summed E-state index contributed by atoms with van der Waals surface area (Å²) in [5.41, 5.74) is 0.637. The average Bonchev–Trinajstić information content (AvgIpc) is 2.88. The second kappa shape index (κ2) is 6.53. The van der Waals surface area contributed by atoms with Crippen molar-refractivity contribution in [1.82, 2.24) is 4.90 Å². The quantitative estimate of drug-likeness (QED) is 0.611. The van der Waals surface area contributed by atoms with Gasteiger partial charge in [-0.1, -0.05) is 12.1 Å². The number of halogens is 1. The number of phenols is 1. The molecule has 2 rings (SSSR count). The Kier molecular flexibility index (Phi) is 4.88. The fourth-order valence-electron chi connectivity index (χ4n) is 2.50. The Morgan fingerprint density at radius 1 is 1.43 bits per heavy atom. The van der Waals surface area contributed by atoms with Crippen LogP contribution >= 0.6 is 0 Å². The minimum absolute atomic E-state index is 0.0456. The molecule has 1 fully saturated rings. The predicted molar refractivity (Wildman–Crippen MR) is 77.8 cm³/mol. The van der Waals surface area contributed by atoms with Crippen LogP contribution in [0.25, 0.3) is 0 Å². The molecular weight excluding hydrogens is 329 g/mol. The molecule has 0 saturated carbocycles. The van der Waals surface area contributed by atoms with Crippen LogP contribution < -0.4 is 0 Å². The molecule has 1 heterocycles. The number of hydrogen-bond acceptors (Lipinski definition) is 6. The number of carbonyl (C=O) groups excluding carboxylic acids is 2. The second-order valence-electron chi connectivity index (χ2n) is 5.26. The maximum Gasteiger partial charge on any atom is 0.328 e. The predicted octanol–water partition coefficient (Wildman–Crippen LogP) is 0.376. The van der Waals surface area contributed by atoms with Crippen molar-refractivity contribution in [3.63, 3.8) is 0 Å². The molecule has 1 aliphatic rings. The molecule has 1 saturated heterocycles. The van der Waals surface area contributed by atoms with Crippen LogP contribution in [0.15, 0.2) is 24.3 Å². The third-order valence-electron chi connectivity index (χ3n) is 3.74. The van der Waals surface area contributed by atoms with E-state index in [0.29, 0.717) is 5.56 Å². The van der Waals surface area contributed by atoms with E-state index < -0.39 is 46.4 Å². The number of esters is 1. The molecule has 0 radical (unpaired) electrons. The lowest BCUT2D eigenvalue weighted by Crippen LogP contribution is -2.44. The van der Waals surface area contributed by atoms with Crippen molar-refractivity contribution >= 4 is 22.1 Å². The average molecular weight is 345 g/mol. The Morgan fingerprint density at radius 3 is 2.52 bits per heavy atom. The zero-order valence-corrected chi connectivity index (χ0v) is 13.1. The molecule has 7 nitrogen and oxygen atoms in total. The van der Waals surface area contributed by atoms with Crippen LogP contribution in [0.3, 0.4) is 0 Å². The van der Waals surface area contributed by atoms with E-state index in [4.69, 9.17) is 0 Å². The summed E-state index contributed by atoms with van der Waals surface area (Å²) in [6.07, 6.45) is -0.431. The summed E-state index contributed by atoms with van der Waals surface area (Å²) in [6, 6.07) is 4.92. The fraction of sp³-hybridized carbons (Fsp3) is 0.429. The first-order chi connectivity index (χ1) is 10.7. The molecule has 9 heteroatoms. The molecule has 2 atom stereocenters. The van der Waals surface area contributed by atoms with E-state index in [-0.39, 0.29) is 12.2 Å². The summed E-state index contributed by atoms with van der Waals surface area (Å²) >= 11 is 0. The molecule has 126 valence electrons. The summed E-state index contributed by atoms with van der Waals surface area (Å²) in [5, 5.41) is 7.79. The minimum Gasteiger partial charge on any atom is -0.508 e. The van der Waals surface area contributed by atoms with Crippen LogP contribution in [0.4, 0.5) is 3.89 Å². The lowest BCUT2D eigenvalue weighted by molar-refractivity contribution is -0.151. The number of ether oxygens (including phenoxy) is 1. The Morgan fingerprint density at radius 2 is 2.04 bits per heavy atom. The molecule has 0 spiro atoms. The van der Waals surface area contributed by atoms with Gasteiger partial charge >= 0.3 is 16.2 Å². The van der Waals surface area contributed by atoms with Crippen molar-refractivity contribution in [2.45, 2.75) is 24.1 Å². The lowest BCUT2D eigenvalue weighted by Gasteiger charge is -2.25. The third kappa shape index (κ3) is 3.98. The zero-order valence-electron chi connectivity index (χ0n) is 12.3. The number of phenolic OH excluding ortho intramolecular Hbond substituents is 1. The molecule has 1 aromatic carbocycles. The molecule has 1 aromatic rings. The Bertz CT molecular complexity index is 702. The number of carbonyl (C=O) groups is 2. The topological polar surface area (TPSA) is 101 Å². The van der Waals surface area contributed by atoms with Gasteiger partial charge in [-0.2, -0.15) is 8.42 Å². The molecule has 0 bridgehead atoms. The summed E-state index contributed by atoms with van der Waals surface area (Å²) in [4.78, 5) is 25.0. The lowest BCUT2D eigenvalue weighted by atomic mass is 10.0. The number of likely N-dealkylation sites (tertiary alicyclic amines) is 1. The van der Waals surface area contributed by atoms with E-state index >= 15 is 0 Å². The van der Waals surface area contributed by atoms with Crippen LogP contribution in [0.5, 0.6) is 5.75 Å². The summed E-state index contributed by atoms with van der Waals surface area (Å²) in [7, 11) is -3.71. The summed E-state index contributed by atoms with van der Waals surface area (Å²) < 4.78 is 39.8. The van der Waals surface area contributed by atoms with Crippen LogP contribution in [-0.2, 0) is 31.0 Å². The zero-order chi connectivity index (χ0) is 17.2. The molecule has 1 N–H and O–H groups in total. The van der Waals surface area contributed by atoms with E-state index in [9.17, 15) is 27.0 Å². The smallest absolute Gasteiger partial charge is 0.328 e. The van der Waals surface area contributed by atoms with Crippen LogP contribution in [0, 0.1) is 0 Å². The first-order valence-corrected chi connectivity index (χ1v) is 8.25. The van der Waals surface area contributed by atoms with Crippen molar-refractivity contribution in [3.05, 3.63) is 29.8 Å². The number of methoxy groups -OCH3 is 1. The van der Waals surface area contributed by atoms with Crippen molar-refractivity contribution in [3.8, 4) is 5.75 Å². The molecule has 0 aliphatic carbocycles. The number of rotatable bonds is 5. The first-order valence-electron chi connectivity index (χ1n) is 6.81. The van der Waals surface area contributed by atoms with Gasteiger partial charge in [-0.05, 0) is 17.7 Å². The maximum atomic E-state index is 13.1. The monoisotopic (exact) mass is 345 g/mol.